The van der Waals surface area contributed by atoms with Crippen molar-refractivity contribution >= 4 is 44.4 Å². The molecule has 2 heterocycles. The smallest absolute Gasteiger partial charge is 0.229 e. The standard InChI is InChI=1S/C25H25N3OS2/c1-18-12-13-19(2)24-23(18)27-25(31-24)28(17-20-8-6-14-26-16-20)22(29)11-7-15-30-21-9-4-3-5-10-21/h3-6,8-10,12-14,16H,7,11,15,17H2,1-2H3. The van der Waals surface area contributed by atoms with Crippen LogP contribution in [0.1, 0.15) is 29.5 Å². The molecule has 0 radical (unpaired) electrons. The summed E-state index contributed by atoms with van der Waals surface area (Å²) < 4.78 is 1.15. The van der Waals surface area contributed by atoms with E-state index in [0.29, 0.717) is 13.0 Å². The van der Waals surface area contributed by atoms with Crippen LogP contribution in [-0.2, 0) is 11.3 Å². The van der Waals surface area contributed by atoms with Gasteiger partial charge in [-0.3, -0.25) is 14.7 Å². The molecule has 0 aliphatic rings. The number of carbonyl (C=O) groups excluding carboxylic acids is 1. The van der Waals surface area contributed by atoms with Gasteiger partial charge in [-0.05, 0) is 60.9 Å². The number of hydrogen-bond acceptors (Lipinski definition) is 5. The molecule has 0 aliphatic heterocycles. The van der Waals surface area contributed by atoms with Gasteiger partial charge in [-0.2, -0.15) is 0 Å². The molecule has 0 saturated heterocycles. The Bertz CT molecular complexity index is 1120. The maximum Gasteiger partial charge on any atom is 0.229 e. The van der Waals surface area contributed by atoms with Crippen molar-refractivity contribution in [1.29, 1.82) is 0 Å². The Hall–Kier alpha value is -2.70. The molecular weight excluding hydrogens is 422 g/mol. The van der Waals surface area contributed by atoms with Gasteiger partial charge in [0.2, 0.25) is 5.91 Å². The predicted octanol–water partition coefficient (Wildman–Crippen LogP) is 6.41. The van der Waals surface area contributed by atoms with Gasteiger partial charge in [0.25, 0.3) is 0 Å². The Morgan fingerprint density at radius 3 is 2.58 bits per heavy atom. The molecule has 0 unspecified atom stereocenters. The monoisotopic (exact) mass is 447 g/mol. The van der Waals surface area contributed by atoms with Crippen LogP contribution in [-0.4, -0.2) is 21.6 Å². The van der Waals surface area contributed by atoms with E-state index in [0.717, 1.165) is 38.6 Å². The number of thioether (sulfide) groups is 1. The minimum Gasteiger partial charge on any atom is -0.284 e. The zero-order chi connectivity index (χ0) is 21.6. The second kappa shape index (κ2) is 10.1. The van der Waals surface area contributed by atoms with Gasteiger partial charge < -0.3 is 0 Å². The van der Waals surface area contributed by atoms with E-state index in [-0.39, 0.29) is 5.91 Å². The highest BCUT2D eigenvalue weighted by Gasteiger charge is 2.21. The number of anilines is 1. The van der Waals surface area contributed by atoms with Crippen LogP contribution in [0.2, 0.25) is 0 Å². The number of rotatable bonds is 8. The normalized spacial score (nSPS) is 11.0. The number of thiazole rings is 1. The van der Waals surface area contributed by atoms with Crippen LogP contribution in [0.25, 0.3) is 10.2 Å². The van der Waals surface area contributed by atoms with Gasteiger partial charge in [0.1, 0.15) is 0 Å². The summed E-state index contributed by atoms with van der Waals surface area (Å²) in [5, 5.41) is 0.761. The fraction of sp³-hybridized carbons (Fsp3) is 0.240. The van der Waals surface area contributed by atoms with E-state index in [4.69, 9.17) is 4.98 Å². The van der Waals surface area contributed by atoms with Gasteiger partial charge in [0, 0.05) is 23.7 Å². The number of nitrogens with zero attached hydrogens (tertiary/aromatic N) is 3. The average molecular weight is 448 g/mol. The lowest BCUT2D eigenvalue weighted by molar-refractivity contribution is -0.118. The van der Waals surface area contributed by atoms with Crippen molar-refractivity contribution in [2.75, 3.05) is 10.7 Å². The molecular formula is C25H25N3OS2. The minimum atomic E-state index is 0.104. The number of pyridine rings is 1. The Morgan fingerprint density at radius 2 is 1.84 bits per heavy atom. The molecule has 31 heavy (non-hydrogen) atoms. The fourth-order valence-corrected chi connectivity index (χ4v) is 5.37. The summed E-state index contributed by atoms with van der Waals surface area (Å²) in [4.78, 5) is 25.4. The molecule has 0 spiro atoms. The quantitative estimate of drug-likeness (QED) is 0.231. The molecule has 0 fully saturated rings. The molecule has 4 aromatic rings. The van der Waals surface area contributed by atoms with E-state index < -0.39 is 0 Å². The lowest BCUT2D eigenvalue weighted by atomic mass is 10.1. The molecule has 0 aliphatic carbocycles. The maximum absolute atomic E-state index is 13.3. The van der Waals surface area contributed by atoms with Crippen molar-refractivity contribution < 1.29 is 4.79 Å². The van der Waals surface area contributed by atoms with Gasteiger partial charge in [-0.15, -0.1) is 11.8 Å². The number of fused-ring (bicyclic) bond motifs is 1. The molecule has 158 valence electrons. The molecule has 0 saturated carbocycles. The summed E-state index contributed by atoms with van der Waals surface area (Å²) in [6, 6.07) is 18.4. The largest absolute Gasteiger partial charge is 0.284 e. The number of aryl methyl sites for hydroxylation is 2. The second-order valence-corrected chi connectivity index (χ2v) is 9.63. The van der Waals surface area contributed by atoms with Gasteiger partial charge in [0.05, 0.1) is 16.8 Å². The first-order valence-electron chi connectivity index (χ1n) is 10.4. The Morgan fingerprint density at radius 1 is 1.03 bits per heavy atom. The van der Waals surface area contributed by atoms with Crippen LogP contribution >= 0.6 is 23.1 Å². The lowest BCUT2D eigenvalue weighted by Gasteiger charge is -2.20. The predicted molar refractivity (Wildman–Crippen MR) is 131 cm³/mol. The summed E-state index contributed by atoms with van der Waals surface area (Å²) >= 11 is 3.39. The third-order valence-corrected chi connectivity index (χ3v) is 7.39. The number of hydrogen-bond donors (Lipinski definition) is 0. The molecule has 6 heteroatoms. The summed E-state index contributed by atoms with van der Waals surface area (Å²) in [6.45, 7) is 4.65. The number of aromatic nitrogens is 2. The van der Waals surface area contributed by atoms with Crippen molar-refractivity contribution in [3.63, 3.8) is 0 Å². The van der Waals surface area contributed by atoms with Crippen LogP contribution in [0.15, 0.2) is 71.9 Å². The highest BCUT2D eigenvalue weighted by atomic mass is 32.2. The molecule has 0 bridgehead atoms. The van der Waals surface area contributed by atoms with E-state index in [1.54, 1.807) is 29.3 Å². The van der Waals surface area contributed by atoms with Crippen molar-refractivity contribution in [3.05, 3.63) is 83.7 Å². The molecule has 2 aromatic carbocycles. The van der Waals surface area contributed by atoms with E-state index in [2.05, 4.69) is 43.1 Å². The SMILES string of the molecule is Cc1ccc(C)c2sc(N(Cc3cccnc3)C(=O)CCCSc3ccccc3)nc12. The topological polar surface area (TPSA) is 46.1 Å². The minimum absolute atomic E-state index is 0.104. The highest BCUT2D eigenvalue weighted by molar-refractivity contribution is 7.99. The third kappa shape index (κ3) is 5.32. The van der Waals surface area contributed by atoms with Gasteiger partial charge in [0.15, 0.2) is 5.13 Å². The van der Waals surface area contributed by atoms with E-state index in [1.165, 1.54) is 10.5 Å². The summed E-state index contributed by atoms with van der Waals surface area (Å²) in [5.41, 5.74) is 4.32. The van der Waals surface area contributed by atoms with Crippen LogP contribution in [0.5, 0.6) is 0 Å². The van der Waals surface area contributed by atoms with Crippen LogP contribution in [0.4, 0.5) is 5.13 Å². The summed E-state index contributed by atoms with van der Waals surface area (Å²) in [5.74, 6) is 1.01. The van der Waals surface area contributed by atoms with Crippen molar-refractivity contribution in [2.24, 2.45) is 0 Å². The second-order valence-electron chi connectivity index (χ2n) is 7.48. The third-order valence-electron chi connectivity index (χ3n) is 5.07. The first kappa shape index (κ1) is 21.5. The zero-order valence-electron chi connectivity index (χ0n) is 17.7. The first-order valence-corrected chi connectivity index (χ1v) is 12.2. The number of benzene rings is 2. The first-order chi connectivity index (χ1) is 15.1. The Balaban J connectivity index is 1.52. The summed E-state index contributed by atoms with van der Waals surface area (Å²) in [7, 11) is 0. The van der Waals surface area contributed by atoms with Crippen molar-refractivity contribution in [2.45, 2.75) is 38.1 Å². The van der Waals surface area contributed by atoms with E-state index in [1.807, 2.05) is 41.4 Å². The number of carbonyl (C=O) groups is 1. The van der Waals surface area contributed by atoms with Gasteiger partial charge in [-0.1, -0.05) is 47.7 Å². The zero-order valence-corrected chi connectivity index (χ0v) is 19.4. The number of amides is 1. The van der Waals surface area contributed by atoms with Crippen LogP contribution < -0.4 is 4.90 Å². The lowest BCUT2D eigenvalue weighted by Crippen LogP contribution is -2.30. The molecule has 2 aromatic heterocycles. The molecule has 0 atom stereocenters. The van der Waals surface area contributed by atoms with Crippen molar-refractivity contribution in [1.82, 2.24) is 9.97 Å². The van der Waals surface area contributed by atoms with Gasteiger partial charge in [-0.25, -0.2) is 4.98 Å². The molecule has 1 amide bonds. The van der Waals surface area contributed by atoms with Crippen LogP contribution in [0.3, 0.4) is 0 Å². The highest BCUT2D eigenvalue weighted by Crippen LogP contribution is 2.34. The molecule has 0 N–H and O–H groups in total. The molecule has 4 nitrogen and oxygen atoms in total. The fourth-order valence-electron chi connectivity index (χ4n) is 3.37. The Labute approximate surface area is 191 Å². The van der Waals surface area contributed by atoms with E-state index in [9.17, 15) is 4.79 Å². The Kier molecular flexibility index (Phi) is 6.99. The summed E-state index contributed by atoms with van der Waals surface area (Å²) in [6.07, 6.45) is 4.88. The molecule has 4 rings (SSSR count). The van der Waals surface area contributed by atoms with Gasteiger partial charge >= 0.3 is 0 Å². The van der Waals surface area contributed by atoms with Crippen molar-refractivity contribution in [3.8, 4) is 0 Å². The average Bonchev–Trinajstić information content (AvgIpc) is 3.25. The maximum atomic E-state index is 13.3. The van der Waals surface area contributed by atoms with E-state index >= 15 is 0 Å². The van der Waals surface area contributed by atoms with Crippen LogP contribution in [0, 0.1) is 13.8 Å².